The Morgan fingerprint density at radius 2 is 2.18 bits per heavy atom. The summed E-state index contributed by atoms with van der Waals surface area (Å²) in [4.78, 5) is 1.36. The van der Waals surface area contributed by atoms with Gasteiger partial charge in [0.2, 0.25) is 0 Å². The smallest absolute Gasteiger partial charge is 0.142 e. The topological polar surface area (TPSA) is 12.0 Å². The first-order valence-corrected chi connectivity index (χ1v) is 6.68. The van der Waals surface area contributed by atoms with Crippen LogP contribution in [-0.4, -0.2) is 6.54 Å². The van der Waals surface area contributed by atoms with E-state index in [0.29, 0.717) is 6.54 Å². The normalized spacial score (nSPS) is 10.7. The molecule has 0 amide bonds. The van der Waals surface area contributed by atoms with Crippen LogP contribution in [0.5, 0.6) is 0 Å². The molecule has 4 heteroatoms. The van der Waals surface area contributed by atoms with Crippen molar-refractivity contribution in [2.75, 3.05) is 6.54 Å². The zero-order valence-corrected chi connectivity index (χ0v) is 10.8. The molecule has 0 aliphatic rings. The van der Waals surface area contributed by atoms with Gasteiger partial charge in [0.15, 0.2) is 0 Å². The molecular weight excluding hydrogens is 257 g/mol. The first kappa shape index (κ1) is 12.6. The largest absolute Gasteiger partial charge is 0.312 e. The van der Waals surface area contributed by atoms with Gasteiger partial charge >= 0.3 is 0 Å². The van der Waals surface area contributed by atoms with Gasteiger partial charge < -0.3 is 5.32 Å². The number of halogens is 2. The third kappa shape index (κ3) is 3.80. The van der Waals surface area contributed by atoms with Crippen molar-refractivity contribution in [1.82, 2.24) is 5.32 Å². The number of thiophene rings is 1. The van der Waals surface area contributed by atoms with Gasteiger partial charge in [-0.2, -0.15) is 0 Å². The molecule has 1 N–H and O–H groups in total. The lowest BCUT2D eigenvalue weighted by Gasteiger charge is -2.04. The fourth-order valence-corrected chi connectivity index (χ4v) is 2.38. The molecule has 0 aliphatic heterocycles. The van der Waals surface area contributed by atoms with E-state index in [0.717, 1.165) is 18.5 Å². The van der Waals surface area contributed by atoms with Crippen LogP contribution in [0.15, 0.2) is 35.7 Å². The molecule has 2 aromatic rings. The van der Waals surface area contributed by atoms with Crippen molar-refractivity contribution in [1.29, 1.82) is 0 Å². The van der Waals surface area contributed by atoms with Crippen LogP contribution in [0.2, 0.25) is 5.02 Å². The molecule has 90 valence electrons. The predicted molar refractivity (Wildman–Crippen MR) is 71.1 cm³/mol. The van der Waals surface area contributed by atoms with Gasteiger partial charge in [-0.15, -0.1) is 11.3 Å². The molecule has 0 radical (unpaired) electrons. The summed E-state index contributed by atoms with van der Waals surface area (Å²) in [6.07, 6.45) is 1.01. The van der Waals surface area contributed by atoms with Crippen LogP contribution in [0.4, 0.5) is 4.39 Å². The second-order valence-corrected chi connectivity index (χ2v) is 5.19. The third-order valence-electron chi connectivity index (χ3n) is 2.44. The minimum Gasteiger partial charge on any atom is -0.312 e. The molecule has 0 aliphatic carbocycles. The molecule has 0 atom stereocenters. The van der Waals surface area contributed by atoms with Crippen LogP contribution in [0, 0.1) is 5.82 Å². The molecule has 1 nitrogen and oxygen atoms in total. The van der Waals surface area contributed by atoms with E-state index in [1.165, 1.54) is 10.9 Å². The van der Waals surface area contributed by atoms with Crippen molar-refractivity contribution in [2.24, 2.45) is 0 Å². The SMILES string of the molecule is Fc1cc(CNCCc2cccs2)ccc1Cl. The van der Waals surface area contributed by atoms with Crippen molar-refractivity contribution in [3.05, 3.63) is 57.0 Å². The van der Waals surface area contributed by atoms with Crippen molar-refractivity contribution in [2.45, 2.75) is 13.0 Å². The molecule has 0 spiro atoms. The molecule has 1 heterocycles. The highest BCUT2D eigenvalue weighted by atomic mass is 35.5. The van der Waals surface area contributed by atoms with Gasteiger partial charge in [0.1, 0.15) is 5.82 Å². The fourth-order valence-electron chi connectivity index (χ4n) is 1.55. The molecule has 17 heavy (non-hydrogen) atoms. The van der Waals surface area contributed by atoms with Gasteiger partial charge in [-0.1, -0.05) is 23.7 Å². The van der Waals surface area contributed by atoms with E-state index in [2.05, 4.69) is 22.8 Å². The van der Waals surface area contributed by atoms with Crippen LogP contribution >= 0.6 is 22.9 Å². The summed E-state index contributed by atoms with van der Waals surface area (Å²) in [5.41, 5.74) is 0.915. The van der Waals surface area contributed by atoms with Gasteiger partial charge in [-0.3, -0.25) is 0 Å². The van der Waals surface area contributed by atoms with E-state index < -0.39 is 0 Å². The van der Waals surface area contributed by atoms with Gasteiger partial charge in [0.25, 0.3) is 0 Å². The summed E-state index contributed by atoms with van der Waals surface area (Å²) in [5.74, 6) is -0.357. The van der Waals surface area contributed by atoms with E-state index in [9.17, 15) is 4.39 Å². The number of hydrogen-bond donors (Lipinski definition) is 1. The number of hydrogen-bond acceptors (Lipinski definition) is 2. The summed E-state index contributed by atoms with van der Waals surface area (Å²) in [5, 5.41) is 5.53. The standard InChI is InChI=1S/C13H13ClFNS/c14-12-4-3-10(8-13(12)15)9-16-6-5-11-2-1-7-17-11/h1-4,7-8,16H,5-6,9H2. The number of benzene rings is 1. The molecule has 1 aromatic carbocycles. The monoisotopic (exact) mass is 269 g/mol. The fraction of sp³-hybridized carbons (Fsp3) is 0.231. The van der Waals surface area contributed by atoms with E-state index >= 15 is 0 Å². The summed E-state index contributed by atoms with van der Waals surface area (Å²) >= 11 is 7.37. The third-order valence-corrected chi connectivity index (χ3v) is 3.68. The van der Waals surface area contributed by atoms with Gasteiger partial charge in [-0.25, -0.2) is 4.39 Å². The van der Waals surface area contributed by atoms with Crippen LogP contribution in [0.1, 0.15) is 10.4 Å². The lowest BCUT2D eigenvalue weighted by atomic mass is 10.2. The molecule has 1 aromatic heterocycles. The highest BCUT2D eigenvalue weighted by molar-refractivity contribution is 7.09. The van der Waals surface area contributed by atoms with E-state index in [4.69, 9.17) is 11.6 Å². The quantitative estimate of drug-likeness (QED) is 0.813. The van der Waals surface area contributed by atoms with Crippen LogP contribution in [-0.2, 0) is 13.0 Å². The van der Waals surface area contributed by atoms with Gasteiger partial charge in [-0.05, 0) is 35.6 Å². The lowest BCUT2D eigenvalue weighted by molar-refractivity contribution is 0.620. The Labute approximate surface area is 109 Å². The maximum Gasteiger partial charge on any atom is 0.142 e. The van der Waals surface area contributed by atoms with E-state index in [1.54, 1.807) is 17.4 Å². The maximum atomic E-state index is 13.2. The lowest BCUT2D eigenvalue weighted by Crippen LogP contribution is -2.16. The van der Waals surface area contributed by atoms with Gasteiger partial charge in [0.05, 0.1) is 5.02 Å². The summed E-state index contributed by atoms with van der Waals surface area (Å²) < 4.78 is 13.2. The zero-order chi connectivity index (χ0) is 12.1. The maximum absolute atomic E-state index is 13.2. The summed E-state index contributed by atoms with van der Waals surface area (Å²) in [6, 6.07) is 9.07. The Kier molecular flexibility index (Phi) is 4.54. The van der Waals surface area contributed by atoms with Crippen molar-refractivity contribution in [3.63, 3.8) is 0 Å². The Morgan fingerprint density at radius 1 is 1.29 bits per heavy atom. The summed E-state index contributed by atoms with van der Waals surface area (Å²) in [7, 11) is 0. The highest BCUT2D eigenvalue weighted by Gasteiger charge is 2.00. The van der Waals surface area contributed by atoms with Crippen molar-refractivity contribution in [3.8, 4) is 0 Å². The Bertz CT molecular complexity index is 470. The second kappa shape index (κ2) is 6.15. The molecule has 2 rings (SSSR count). The predicted octanol–water partition coefficient (Wildman–Crippen LogP) is 3.87. The molecule has 0 bridgehead atoms. The van der Waals surface area contributed by atoms with Crippen LogP contribution in [0.3, 0.4) is 0 Å². The average Bonchev–Trinajstić information content (AvgIpc) is 2.82. The molecule has 0 saturated heterocycles. The number of rotatable bonds is 5. The number of nitrogens with one attached hydrogen (secondary N) is 1. The average molecular weight is 270 g/mol. The van der Waals surface area contributed by atoms with Crippen LogP contribution in [0.25, 0.3) is 0 Å². The first-order chi connectivity index (χ1) is 8.25. The molecule has 0 fully saturated rings. The molecular formula is C13H13ClFNS. The Balaban J connectivity index is 1.76. The Hall–Kier alpha value is -0.900. The highest BCUT2D eigenvalue weighted by Crippen LogP contribution is 2.15. The Morgan fingerprint density at radius 3 is 2.88 bits per heavy atom. The minimum absolute atomic E-state index is 0.173. The van der Waals surface area contributed by atoms with E-state index in [1.807, 2.05) is 6.07 Å². The van der Waals surface area contributed by atoms with Crippen molar-refractivity contribution < 1.29 is 4.39 Å². The first-order valence-electron chi connectivity index (χ1n) is 5.43. The van der Waals surface area contributed by atoms with Crippen molar-refractivity contribution >= 4 is 22.9 Å². The molecule has 0 unspecified atom stereocenters. The van der Waals surface area contributed by atoms with Crippen LogP contribution < -0.4 is 5.32 Å². The summed E-state index contributed by atoms with van der Waals surface area (Å²) in [6.45, 7) is 1.56. The van der Waals surface area contributed by atoms with E-state index in [-0.39, 0.29) is 10.8 Å². The van der Waals surface area contributed by atoms with Gasteiger partial charge in [0, 0.05) is 18.0 Å². The zero-order valence-electron chi connectivity index (χ0n) is 9.25. The minimum atomic E-state index is -0.357. The second-order valence-electron chi connectivity index (χ2n) is 3.75. The molecule has 0 saturated carbocycles.